The largest absolute Gasteiger partial charge is 0.493 e. The van der Waals surface area contributed by atoms with Gasteiger partial charge in [0, 0.05) is 13.7 Å². The van der Waals surface area contributed by atoms with Crippen LogP contribution in [-0.2, 0) is 16.1 Å². The number of ether oxygens (including phenoxy) is 2. The van der Waals surface area contributed by atoms with Gasteiger partial charge in [-0.25, -0.2) is 0 Å². The van der Waals surface area contributed by atoms with Crippen molar-refractivity contribution in [1.29, 1.82) is 0 Å². The second-order valence-corrected chi connectivity index (χ2v) is 4.80. The van der Waals surface area contributed by atoms with Crippen LogP contribution in [0.3, 0.4) is 0 Å². The lowest BCUT2D eigenvalue weighted by molar-refractivity contribution is -0.133. The van der Waals surface area contributed by atoms with E-state index in [0.717, 1.165) is 11.5 Å². The quantitative estimate of drug-likeness (QED) is 0.715. The molecule has 2 rings (SSSR count). The van der Waals surface area contributed by atoms with Crippen LogP contribution < -0.4 is 4.74 Å². The third-order valence-corrected chi connectivity index (χ3v) is 3.17. The van der Waals surface area contributed by atoms with Crippen LogP contribution >= 0.6 is 0 Å². The molecule has 0 atom stereocenters. The lowest BCUT2D eigenvalue weighted by Crippen LogP contribution is -2.34. The van der Waals surface area contributed by atoms with Gasteiger partial charge in [-0.3, -0.25) is 4.79 Å². The fourth-order valence-corrected chi connectivity index (χ4v) is 2.02. The zero-order valence-corrected chi connectivity index (χ0v) is 12.7. The molecule has 1 aromatic carbocycles. The Morgan fingerprint density at radius 3 is 2.64 bits per heavy atom. The van der Waals surface area contributed by atoms with Gasteiger partial charge in [0.2, 0.25) is 5.91 Å². The van der Waals surface area contributed by atoms with E-state index in [0.29, 0.717) is 32.7 Å². The highest BCUT2D eigenvalue weighted by Gasteiger charge is 2.15. The SMILES string of the molecule is COCCN(Cc1ccco1)C(=O)CCOc1ccccc1. The van der Waals surface area contributed by atoms with Crippen molar-refractivity contribution >= 4 is 5.91 Å². The van der Waals surface area contributed by atoms with Crippen molar-refractivity contribution in [1.82, 2.24) is 4.90 Å². The normalized spacial score (nSPS) is 10.4. The molecule has 0 bridgehead atoms. The average Bonchev–Trinajstić information content (AvgIpc) is 3.05. The number of carbonyl (C=O) groups is 1. The number of carbonyl (C=O) groups excluding carboxylic acids is 1. The lowest BCUT2D eigenvalue weighted by Gasteiger charge is -2.21. The Balaban J connectivity index is 1.82. The molecule has 0 aliphatic heterocycles. The Bertz CT molecular complexity index is 539. The summed E-state index contributed by atoms with van der Waals surface area (Å²) in [6, 6.07) is 13.1. The van der Waals surface area contributed by atoms with Crippen LogP contribution in [0.15, 0.2) is 53.1 Å². The van der Waals surface area contributed by atoms with Crippen LogP contribution in [0.1, 0.15) is 12.2 Å². The van der Waals surface area contributed by atoms with Crippen molar-refractivity contribution in [3.8, 4) is 5.75 Å². The van der Waals surface area contributed by atoms with E-state index < -0.39 is 0 Å². The maximum absolute atomic E-state index is 12.3. The molecule has 2 aromatic rings. The second-order valence-electron chi connectivity index (χ2n) is 4.80. The van der Waals surface area contributed by atoms with Gasteiger partial charge in [0.15, 0.2) is 0 Å². The molecule has 1 aromatic heterocycles. The molecule has 0 saturated carbocycles. The number of furan rings is 1. The van der Waals surface area contributed by atoms with Gasteiger partial charge in [-0.15, -0.1) is 0 Å². The van der Waals surface area contributed by atoms with Crippen molar-refractivity contribution in [2.24, 2.45) is 0 Å². The number of benzene rings is 1. The highest BCUT2D eigenvalue weighted by molar-refractivity contribution is 5.76. The summed E-state index contributed by atoms with van der Waals surface area (Å²) >= 11 is 0. The van der Waals surface area contributed by atoms with E-state index in [2.05, 4.69) is 0 Å². The van der Waals surface area contributed by atoms with Crippen molar-refractivity contribution in [2.75, 3.05) is 26.9 Å². The lowest BCUT2D eigenvalue weighted by atomic mass is 10.3. The van der Waals surface area contributed by atoms with Crippen molar-refractivity contribution in [3.63, 3.8) is 0 Å². The summed E-state index contributed by atoms with van der Waals surface area (Å²) in [5.74, 6) is 1.54. The second kappa shape index (κ2) is 8.89. The number of amides is 1. The monoisotopic (exact) mass is 303 g/mol. The molecule has 0 fully saturated rings. The van der Waals surface area contributed by atoms with E-state index in [9.17, 15) is 4.79 Å². The molecular formula is C17H21NO4. The van der Waals surface area contributed by atoms with E-state index in [1.165, 1.54) is 0 Å². The number of methoxy groups -OCH3 is 1. The van der Waals surface area contributed by atoms with Gasteiger partial charge in [-0.1, -0.05) is 18.2 Å². The van der Waals surface area contributed by atoms with Crippen molar-refractivity contribution in [3.05, 3.63) is 54.5 Å². The predicted octanol–water partition coefficient (Wildman–Crippen LogP) is 2.72. The smallest absolute Gasteiger partial charge is 0.226 e. The number of hydrogen-bond donors (Lipinski definition) is 0. The molecule has 0 radical (unpaired) electrons. The van der Waals surface area contributed by atoms with E-state index in [1.807, 2.05) is 42.5 Å². The first kappa shape index (κ1) is 16.1. The molecule has 0 aliphatic rings. The molecular weight excluding hydrogens is 282 g/mol. The molecule has 0 spiro atoms. The summed E-state index contributed by atoms with van der Waals surface area (Å²) in [7, 11) is 1.62. The summed E-state index contributed by atoms with van der Waals surface area (Å²) in [5.41, 5.74) is 0. The Hall–Kier alpha value is -2.27. The molecule has 0 saturated heterocycles. The Morgan fingerprint density at radius 1 is 1.14 bits per heavy atom. The van der Waals surface area contributed by atoms with Crippen LogP contribution in [0.2, 0.25) is 0 Å². The van der Waals surface area contributed by atoms with E-state index >= 15 is 0 Å². The first-order valence-electron chi connectivity index (χ1n) is 7.26. The van der Waals surface area contributed by atoms with E-state index in [-0.39, 0.29) is 5.91 Å². The van der Waals surface area contributed by atoms with Gasteiger partial charge < -0.3 is 18.8 Å². The number of para-hydroxylation sites is 1. The fraction of sp³-hybridized carbons (Fsp3) is 0.353. The third-order valence-electron chi connectivity index (χ3n) is 3.17. The zero-order chi connectivity index (χ0) is 15.6. The maximum atomic E-state index is 12.3. The van der Waals surface area contributed by atoms with Crippen LogP contribution in [0, 0.1) is 0 Å². The number of hydrogen-bond acceptors (Lipinski definition) is 4. The molecule has 5 heteroatoms. The predicted molar refractivity (Wildman–Crippen MR) is 82.6 cm³/mol. The first-order valence-corrected chi connectivity index (χ1v) is 7.26. The zero-order valence-electron chi connectivity index (χ0n) is 12.7. The fourth-order valence-electron chi connectivity index (χ4n) is 2.02. The number of nitrogens with zero attached hydrogens (tertiary/aromatic N) is 1. The van der Waals surface area contributed by atoms with Gasteiger partial charge in [-0.05, 0) is 24.3 Å². The van der Waals surface area contributed by atoms with Gasteiger partial charge in [0.25, 0.3) is 0 Å². The molecule has 0 aliphatic carbocycles. The maximum Gasteiger partial charge on any atom is 0.226 e. The Labute approximate surface area is 130 Å². The summed E-state index contributed by atoms with van der Waals surface area (Å²) in [5, 5.41) is 0. The van der Waals surface area contributed by atoms with Crippen LogP contribution in [0.4, 0.5) is 0 Å². The summed E-state index contributed by atoms with van der Waals surface area (Å²) in [6.45, 7) is 1.82. The summed E-state index contributed by atoms with van der Waals surface area (Å²) < 4.78 is 15.9. The van der Waals surface area contributed by atoms with E-state index in [4.69, 9.17) is 13.9 Å². The number of rotatable bonds is 9. The molecule has 22 heavy (non-hydrogen) atoms. The first-order chi connectivity index (χ1) is 10.8. The molecule has 118 valence electrons. The molecule has 5 nitrogen and oxygen atoms in total. The Kier molecular flexibility index (Phi) is 6.51. The van der Waals surface area contributed by atoms with Crippen LogP contribution in [0.5, 0.6) is 5.75 Å². The topological polar surface area (TPSA) is 51.9 Å². The van der Waals surface area contributed by atoms with Crippen molar-refractivity contribution < 1.29 is 18.7 Å². The highest BCUT2D eigenvalue weighted by Crippen LogP contribution is 2.10. The molecule has 0 unspecified atom stereocenters. The van der Waals surface area contributed by atoms with Crippen LogP contribution in [0.25, 0.3) is 0 Å². The minimum Gasteiger partial charge on any atom is -0.493 e. The molecule has 1 amide bonds. The average molecular weight is 303 g/mol. The van der Waals surface area contributed by atoms with Gasteiger partial charge in [-0.2, -0.15) is 0 Å². The summed E-state index contributed by atoms with van der Waals surface area (Å²) in [4.78, 5) is 14.0. The Morgan fingerprint density at radius 2 is 1.95 bits per heavy atom. The minimum absolute atomic E-state index is 0.0179. The highest BCUT2D eigenvalue weighted by atomic mass is 16.5. The van der Waals surface area contributed by atoms with E-state index in [1.54, 1.807) is 18.3 Å². The summed E-state index contributed by atoms with van der Waals surface area (Å²) in [6.07, 6.45) is 1.92. The van der Waals surface area contributed by atoms with Crippen LogP contribution in [-0.4, -0.2) is 37.7 Å². The molecule has 0 N–H and O–H groups in total. The molecule has 1 heterocycles. The van der Waals surface area contributed by atoms with Gasteiger partial charge in [0.05, 0.1) is 32.4 Å². The minimum atomic E-state index is 0.0179. The van der Waals surface area contributed by atoms with Gasteiger partial charge in [0.1, 0.15) is 11.5 Å². The van der Waals surface area contributed by atoms with Crippen molar-refractivity contribution in [2.45, 2.75) is 13.0 Å². The third kappa shape index (κ3) is 5.26. The van der Waals surface area contributed by atoms with Gasteiger partial charge >= 0.3 is 0 Å². The standard InChI is InChI=1S/C17H21NO4/c1-20-13-10-18(14-16-8-5-11-21-16)17(19)9-12-22-15-6-3-2-4-7-15/h2-8,11H,9-10,12-14H2,1H3.